The summed E-state index contributed by atoms with van der Waals surface area (Å²) in [5.74, 6) is -0.217. The molecule has 1 fully saturated rings. The highest BCUT2D eigenvalue weighted by Gasteiger charge is 2.31. The number of carbonyl (C=O) groups excluding carboxylic acids is 2. The van der Waals surface area contributed by atoms with E-state index >= 15 is 0 Å². The number of benzene rings is 2. The van der Waals surface area contributed by atoms with Crippen molar-refractivity contribution in [2.75, 3.05) is 11.9 Å². The monoisotopic (exact) mass is 444 g/mol. The fraction of sp³-hybridized carbons (Fsp3) is 0.227. The van der Waals surface area contributed by atoms with E-state index in [1.165, 1.54) is 11.8 Å². The average Bonchev–Trinajstić information content (AvgIpc) is 2.94. The Morgan fingerprint density at radius 1 is 1.21 bits per heavy atom. The number of rotatable bonds is 6. The first-order valence-corrected chi connectivity index (χ1v) is 10.8. The summed E-state index contributed by atoms with van der Waals surface area (Å²) >= 11 is 12.8. The van der Waals surface area contributed by atoms with Crippen LogP contribution in [-0.2, 0) is 9.59 Å². The predicted molar refractivity (Wildman–Crippen MR) is 125 cm³/mol. The van der Waals surface area contributed by atoms with Crippen LogP contribution in [0.1, 0.15) is 29.5 Å². The van der Waals surface area contributed by atoms with Crippen LogP contribution in [0.15, 0.2) is 47.4 Å². The molecule has 1 N–H and O–H groups in total. The molecule has 0 radical (unpaired) electrons. The number of carbonyl (C=O) groups is 2. The van der Waals surface area contributed by atoms with Gasteiger partial charge in [-0.25, -0.2) is 0 Å². The standard InChI is InChI=1S/C22H21ClN2O2S2/c1-14-7-5-10-18(15(14)2)24-20(26)11-6-12-25-21(27)19(29-22(25)28)13-16-8-3-4-9-17(16)23/h3-5,7-10,13H,6,11-12H2,1-2H3,(H,24,26)/b19-13-. The van der Waals surface area contributed by atoms with Gasteiger partial charge in [-0.15, -0.1) is 0 Å². The van der Waals surface area contributed by atoms with Gasteiger partial charge in [0, 0.05) is 23.7 Å². The van der Waals surface area contributed by atoms with Crippen molar-refractivity contribution in [3.63, 3.8) is 0 Å². The fourth-order valence-corrected chi connectivity index (χ4v) is 4.41. The van der Waals surface area contributed by atoms with Gasteiger partial charge in [0.25, 0.3) is 5.91 Å². The maximum atomic E-state index is 12.7. The van der Waals surface area contributed by atoms with Gasteiger partial charge in [-0.05, 0) is 55.2 Å². The molecule has 1 aliphatic heterocycles. The Morgan fingerprint density at radius 2 is 1.97 bits per heavy atom. The van der Waals surface area contributed by atoms with Crippen LogP contribution in [0.25, 0.3) is 6.08 Å². The smallest absolute Gasteiger partial charge is 0.266 e. The molecule has 0 aromatic heterocycles. The van der Waals surface area contributed by atoms with Crippen LogP contribution >= 0.6 is 35.6 Å². The lowest BCUT2D eigenvalue weighted by Gasteiger charge is -2.14. The average molecular weight is 445 g/mol. The molecule has 150 valence electrons. The topological polar surface area (TPSA) is 49.4 Å². The van der Waals surface area contributed by atoms with E-state index in [0.717, 1.165) is 22.4 Å². The van der Waals surface area contributed by atoms with Gasteiger partial charge in [0.1, 0.15) is 4.32 Å². The van der Waals surface area contributed by atoms with E-state index in [2.05, 4.69) is 5.32 Å². The molecule has 2 aromatic rings. The second-order valence-electron chi connectivity index (χ2n) is 6.75. The van der Waals surface area contributed by atoms with Gasteiger partial charge in [0.15, 0.2) is 0 Å². The van der Waals surface area contributed by atoms with Gasteiger partial charge >= 0.3 is 0 Å². The van der Waals surface area contributed by atoms with Crippen molar-refractivity contribution in [1.82, 2.24) is 4.90 Å². The minimum atomic E-state index is -0.144. The van der Waals surface area contributed by atoms with Gasteiger partial charge in [0.2, 0.25) is 5.91 Å². The van der Waals surface area contributed by atoms with Crippen molar-refractivity contribution < 1.29 is 9.59 Å². The van der Waals surface area contributed by atoms with E-state index in [1.54, 1.807) is 17.0 Å². The first-order chi connectivity index (χ1) is 13.9. The van der Waals surface area contributed by atoms with Crippen LogP contribution in [0.3, 0.4) is 0 Å². The third kappa shape index (κ3) is 5.26. The maximum absolute atomic E-state index is 12.7. The van der Waals surface area contributed by atoms with Crippen LogP contribution in [0, 0.1) is 13.8 Å². The summed E-state index contributed by atoms with van der Waals surface area (Å²) < 4.78 is 0.503. The lowest BCUT2D eigenvalue weighted by molar-refractivity contribution is -0.122. The van der Waals surface area contributed by atoms with E-state index in [9.17, 15) is 9.59 Å². The highest BCUT2D eigenvalue weighted by molar-refractivity contribution is 8.26. The minimum Gasteiger partial charge on any atom is -0.326 e. The SMILES string of the molecule is Cc1cccc(NC(=O)CCCN2C(=O)/C(=C/c3ccccc3Cl)SC2=S)c1C. The largest absolute Gasteiger partial charge is 0.326 e. The molecule has 1 aliphatic rings. The molecule has 7 heteroatoms. The number of hydrogen-bond donors (Lipinski definition) is 1. The number of anilines is 1. The Balaban J connectivity index is 1.56. The number of nitrogens with one attached hydrogen (secondary N) is 1. The first-order valence-electron chi connectivity index (χ1n) is 9.23. The summed E-state index contributed by atoms with van der Waals surface area (Å²) in [6, 6.07) is 13.2. The number of halogens is 1. The van der Waals surface area contributed by atoms with E-state index in [0.29, 0.717) is 33.6 Å². The van der Waals surface area contributed by atoms with Gasteiger partial charge in [0.05, 0.1) is 4.91 Å². The molecule has 0 unspecified atom stereocenters. The number of hydrogen-bond acceptors (Lipinski definition) is 4. The van der Waals surface area contributed by atoms with Crippen molar-refractivity contribution in [3.8, 4) is 0 Å². The Kier molecular flexibility index (Phi) is 7.11. The summed E-state index contributed by atoms with van der Waals surface area (Å²) in [7, 11) is 0. The number of nitrogens with zero attached hydrogens (tertiary/aromatic N) is 1. The number of aryl methyl sites for hydroxylation is 1. The summed E-state index contributed by atoms with van der Waals surface area (Å²) in [5, 5.41) is 3.52. The Hall–Kier alpha value is -2.15. The van der Waals surface area contributed by atoms with Crippen LogP contribution in [0.2, 0.25) is 5.02 Å². The number of amides is 2. The van der Waals surface area contributed by atoms with Gasteiger partial charge in [-0.2, -0.15) is 0 Å². The van der Waals surface area contributed by atoms with E-state index in [1.807, 2.05) is 50.2 Å². The van der Waals surface area contributed by atoms with E-state index in [4.69, 9.17) is 23.8 Å². The third-order valence-electron chi connectivity index (χ3n) is 4.73. The zero-order valence-electron chi connectivity index (χ0n) is 16.2. The van der Waals surface area contributed by atoms with Crippen LogP contribution in [0.5, 0.6) is 0 Å². The van der Waals surface area contributed by atoms with Gasteiger partial charge in [-0.3, -0.25) is 14.5 Å². The van der Waals surface area contributed by atoms with Crippen molar-refractivity contribution in [3.05, 3.63) is 69.1 Å². The third-order valence-corrected chi connectivity index (χ3v) is 6.45. The zero-order chi connectivity index (χ0) is 21.0. The van der Waals surface area contributed by atoms with Crippen LogP contribution in [-0.4, -0.2) is 27.6 Å². The molecular weight excluding hydrogens is 424 g/mol. The second kappa shape index (κ2) is 9.57. The van der Waals surface area contributed by atoms with E-state index in [-0.39, 0.29) is 11.8 Å². The Morgan fingerprint density at radius 3 is 2.72 bits per heavy atom. The number of thioether (sulfide) groups is 1. The molecule has 4 nitrogen and oxygen atoms in total. The van der Waals surface area contributed by atoms with Crippen molar-refractivity contribution in [1.29, 1.82) is 0 Å². The number of thiocarbonyl (C=S) groups is 1. The Bertz CT molecular complexity index is 1000. The molecular formula is C22H21ClN2O2S2. The summed E-state index contributed by atoms with van der Waals surface area (Å²) in [6.07, 6.45) is 2.60. The highest BCUT2D eigenvalue weighted by Crippen LogP contribution is 2.33. The molecule has 2 aromatic carbocycles. The zero-order valence-corrected chi connectivity index (χ0v) is 18.6. The van der Waals surface area contributed by atoms with Crippen molar-refractivity contribution in [2.45, 2.75) is 26.7 Å². The van der Waals surface area contributed by atoms with Crippen molar-refractivity contribution in [2.24, 2.45) is 0 Å². The molecule has 0 aliphatic carbocycles. The van der Waals surface area contributed by atoms with Crippen LogP contribution < -0.4 is 5.32 Å². The van der Waals surface area contributed by atoms with Crippen LogP contribution in [0.4, 0.5) is 5.69 Å². The molecule has 0 spiro atoms. The molecule has 0 bridgehead atoms. The fourth-order valence-electron chi connectivity index (χ4n) is 2.92. The quantitative estimate of drug-likeness (QED) is 0.467. The summed E-state index contributed by atoms with van der Waals surface area (Å²) in [6.45, 7) is 4.40. The molecule has 0 atom stereocenters. The normalized spacial score (nSPS) is 15.3. The summed E-state index contributed by atoms with van der Waals surface area (Å²) in [4.78, 5) is 27.1. The summed E-state index contributed by atoms with van der Waals surface area (Å²) in [5.41, 5.74) is 3.79. The molecule has 3 rings (SSSR count). The molecule has 1 saturated heterocycles. The first kappa shape index (κ1) is 21.6. The van der Waals surface area contributed by atoms with E-state index < -0.39 is 0 Å². The van der Waals surface area contributed by atoms with Gasteiger partial charge < -0.3 is 5.32 Å². The molecule has 2 amide bonds. The Labute approximate surface area is 185 Å². The molecule has 29 heavy (non-hydrogen) atoms. The molecule has 1 heterocycles. The molecule has 0 saturated carbocycles. The lowest BCUT2D eigenvalue weighted by Crippen LogP contribution is -2.29. The lowest BCUT2D eigenvalue weighted by atomic mass is 10.1. The minimum absolute atomic E-state index is 0.0734. The predicted octanol–water partition coefficient (Wildman–Crippen LogP) is 5.58. The highest BCUT2D eigenvalue weighted by atomic mass is 35.5. The van der Waals surface area contributed by atoms with Crippen molar-refractivity contribution >= 4 is 63.5 Å². The maximum Gasteiger partial charge on any atom is 0.266 e. The van der Waals surface area contributed by atoms with Gasteiger partial charge in [-0.1, -0.05) is 65.9 Å². The second-order valence-corrected chi connectivity index (χ2v) is 8.84.